The van der Waals surface area contributed by atoms with E-state index in [-0.39, 0.29) is 18.4 Å². The topological polar surface area (TPSA) is 66.3 Å². The molecule has 1 aliphatic heterocycles. The van der Waals surface area contributed by atoms with Crippen LogP contribution in [0.3, 0.4) is 0 Å². The number of likely N-dealkylation sites (tertiary alicyclic amines) is 1. The number of carbonyl (C=O) groups is 1. The zero-order valence-electron chi connectivity index (χ0n) is 8.33. The van der Waals surface area contributed by atoms with Gasteiger partial charge in [-0.3, -0.25) is 4.79 Å². The van der Waals surface area contributed by atoms with E-state index >= 15 is 0 Å². The van der Waals surface area contributed by atoms with Gasteiger partial charge in [0.05, 0.1) is 0 Å². The largest absolute Gasteiger partial charge is 0.396 e. The Labute approximate surface area is 87.8 Å². The van der Waals surface area contributed by atoms with E-state index in [1.54, 1.807) is 17.3 Å². The quantitative estimate of drug-likeness (QED) is 0.746. The molecule has 0 saturated carbocycles. The normalized spacial score (nSPS) is 21.0. The van der Waals surface area contributed by atoms with Gasteiger partial charge < -0.3 is 10.0 Å². The van der Waals surface area contributed by atoms with Crippen LogP contribution in [0.1, 0.15) is 12.0 Å². The molecule has 1 amide bonds. The summed E-state index contributed by atoms with van der Waals surface area (Å²) in [6, 6.07) is 0. The van der Waals surface area contributed by atoms with E-state index in [2.05, 4.69) is 9.97 Å². The van der Waals surface area contributed by atoms with Crippen molar-refractivity contribution in [2.24, 2.45) is 5.92 Å². The van der Waals surface area contributed by atoms with Gasteiger partial charge in [-0.15, -0.1) is 0 Å². The predicted octanol–water partition coefficient (Wildman–Crippen LogP) is -0.183. The Morgan fingerprint density at radius 1 is 1.47 bits per heavy atom. The molecule has 15 heavy (non-hydrogen) atoms. The average Bonchev–Trinajstić information content (AvgIpc) is 2.61. The monoisotopic (exact) mass is 207 g/mol. The number of aliphatic hydroxyl groups excluding tert-OH is 1. The van der Waals surface area contributed by atoms with Crippen LogP contribution in [0.5, 0.6) is 0 Å². The lowest BCUT2D eigenvalue weighted by molar-refractivity contribution is -0.128. The zero-order valence-corrected chi connectivity index (χ0v) is 8.33. The first kappa shape index (κ1) is 10.0. The number of amides is 1. The molecule has 1 fully saturated rings. The number of hydrogen-bond donors (Lipinski definition) is 1. The van der Waals surface area contributed by atoms with Crippen molar-refractivity contribution in [1.29, 1.82) is 0 Å². The third kappa shape index (κ3) is 2.30. The van der Waals surface area contributed by atoms with Crippen molar-refractivity contribution in [3.05, 3.63) is 24.3 Å². The molecule has 1 unspecified atom stereocenters. The van der Waals surface area contributed by atoms with E-state index in [1.165, 1.54) is 6.33 Å². The van der Waals surface area contributed by atoms with Gasteiger partial charge in [-0.25, -0.2) is 9.97 Å². The van der Waals surface area contributed by atoms with Crippen molar-refractivity contribution >= 4 is 5.91 Å². The highest BCUT2D eigenvalue weighted by molar-refractivity contribution is 5.78. The fraction of sp³-hybridized carbons (Fsp3) is 0.500. The Balaban J connectivity index is 1.99. The molecule has 5 heteroatoms. The lowest BCUT2D eigenvalue weighted by atomic mass is 10.1. The second-order valence-electron chi connectivity index (χ2n) is 3.77. The molecule has 0 spiro atoms. The van der Waals surface area contributed by atoms with Crippen LogP contribution in [-0.2, 0) is 11.3 Å². The summed E-state index contributed by atoms with van der Waals surface area (Å²) in [6.07, 6.45) is 5.31. The molecular formula is C10H13N3O2. The fourth-order valence-electron chi connectivity index (χ4n) is 1.76. The smallest absolute Gasteiger partial charge is 0.223 e. The number of rotatable bonds is 3. The summed E-state index contributed by atoms with van der Waals surface area (Å²) < 4.78 is 0. The minimum Gasteiger partial charge on any atom is -0.396 e. The Bertz CT molecular complexity index is 342. The number of aliphatic hydroxyl groups is 1. The minimum atomic E-state index is 0.0769. The molecule has 2 heterocycles. The van der Waals surface area contributed by atoms with E-state index < -0.39 is 0 Å². The van der Waals surface area contributed by atoms with Crippen LogP contribution in [0.25, 0.3) is 0 Å². The van der Waals surface area contributed by atoms with Gasteiger partial charge in [-0.2, -0.15) is 0 Å². The van der Waals surface area contributed by atoms with Crippen LogP contribution in [-0.4, -0.2) is 39.0 Å². The van der Waals surface area contributed by atoms with Crippen molar-refractivity contribution in [1.82, 2.24) is 14.9 Å². The summed E-state index contributed by atoms with van der Waals surface area (Å²) in [4.78, 5) is 21.0. The highest BCUT2D eigenvalue weighted by atomic mass is 16.3. The van der Waals surface area contributed by atoms with Crippen LogP contribution in [0.15, 0.2) is 18.7 Å². The highest BCUT2D eigenvalue weighted by Gasteiger charge is 2.28. The van der Waals surface area contributed by atoms with E-state index in [9.17, 15) is 4.79 Å². The molecule has 1 saturated heterocycles. The molecule has 0 bridgehead atoms. The average molecular weight is 207 g/mol. The third-order valence-electron chi connectivity index (χ3n) is 2.54. The second-order valence-corrected chi connectivity index (χ2v) is 3.77. The van der Waals surface area contributed by atoms with Crippen molar-refractivity contribution in [3.63, 3.8) is 0 Å². The van der Waals surface area contributed by atoms with E-state index in [1.807, 2.05) is 0 Å². The van der Waals surface area contributed by atoms with Crippen LogP contribution in [0.4, 0.5) is 0 Å². The van der Waals surface area contributed by atoms with Crippen LogP contribution in [0, 0.1) is 5.92 Å². The predicted molar refractivity (Wildman–Crippen MR) is 52.6 cm³/mol. The number of hydrogen-bond acceptors (Lipinski definition) is 4. The maximum Gasteiger partial charge on any atom is 0.223 e. The van der Waals surface area contributed by atoms with Crippen LogP contribution in [0.2, 0.25) is 0 Å². The Kier molecular flexibility index (Phi) is 2.91. The van der Waals surface area contributed by atoms with E-state index in [4.69, 9.17) is 5.11 Å². The zero-order chi connectivity index (χ0) is 10.7. The summed E-state index contributed by atoms with van der Waals surface area (Å²) in [5.74, 6) is 0.181. The number of aromatic nitrogens is 2. The summed E-state index contributed by atoms with van der Waals surface area (Å²) in [7, 11) is 0. The summed E-state index contributed by atoms with van der Waals surface area (Å²) in [5.41, 5.74) is 0.921. The first-order valence-corrected chi connectivity index (χ1v) is 4.92. The molecule has 5 nitrogen and oxygen atoms in total. The molecule has 1 atom stereocenters. The molecule has 1 aliphatic rings. The molecule has 1 aromatic rings. The standard InChI is InChI=1S/C10H13N3O2/c14-6-8-1-10(15)13(4-8)5-9-2-11-7-12-3-9/h2-3,7-8,14H,1,4-6H2. The molecule has 80 valence electrons. The van der Waals surface area contributed by atoms with Gasteiger partial charge in [0.25, 0.3) is 0 Å². The summed E-state index contributed by atoms with van der Waals surface area (Å²) >= 11 is 0. The molecule has 0 radical (unpaired) electrons. The maximum absolute atomic E-state index is 11.5. The number of nitrogens with zero attached hydrogens (tertiary/aromatic N) is 3. The minimum absolute atomic E-state index is 0.0769. The fourth-order valence-corrected chi connectivity index (χ4v) is 1.76. The Morgan fingerprint density at radius 2 is 2.20 bits per heavy atom. The van der Waals surface area contributed by atoms with Crippen molar-refractivity contribution in [2.45, 2.75) is 13.0 Å². The molecular weight excluding hydrogens is 194 g/mol. The van der Waals surface area contributed by atoms with Crippen LogP contribution >= 0.6 is 0 Å². The Hall–Kier alpha value is -1.49. The van der Waals surface area contributed by atoms with Crippen molar-refractivity contribution < 1.29 is 9.90 Å². The molecule has 2 rings (SSSR count). The van der Waals surface area contributed by atoms with Gasteiger partial charge in [-0.05, 0) is 0 Å². The number of carbonyl (C=O) groups excluding carboxylic acids is 1. The van der Waals surface area contributed by atoms with E-state index in [0.29, 0.717) is 19.5 Å². The van der Waals surface area contributed by atoms with Gasteiger partial charge in [0.1, 0.15) is 6.33 Å². The third-order valence-corrected chi connectivity index (χ3v) is 2.54. The first-order chi connectivity index (χ1) is 7.29. The molecule has 1 N–H and O–H groups in total. The van der Waals surface area contributed by atoms with Crippen molar-refractivity contribution in [2.75, 3.05) is 13.2 Å². The maximum atomic E-state index is 11.5. The van der Waals surface area contributed by atoms with E-state index in [0.717, 1.165) is 5.56 Å². The summed E-state index contributed by atoms with van der Waals surface area (Å²) in [6.45, 7) is 1.24. The van der Waals surface area contributed by atoms with Gasteiger partial charge in [0, 0.05) is 50.0 Å². The second kappa shape index (κ2) is 4.35. The van der Waals surface area contributed by atoms with Gasteiger partial charge >= 0.3 is 0 Å². The van der Waals surface area contributed by atoms with Gasteiger partial charge in [0.15, 0.2) is 0 Å². The molecule has 0 aliphatic carbocycles. The molecule has 0 aromatic carbocycles. The SMILES string of the molecule is O=C1CC(CO)CN1Cc1cncnc1. The lowest BCUT2D eigenvalue weighted by Crippen LogP contribution is -2.25. The van der Waals surface area contributed by atoms with Gasteiger partial charge in [0.2, 0.25) is 5.91 Å². The Morgan fingerprint density at radius 3 is 2.80 bits per heavy atom. The molecule has 1 aromatic heterocycles. The van der Waals surface area contributed by atoms with Gasteiger partial charge in [-0.1, -0.05) is 0 Å². The summed E-state index contributed by atoms with van der Waals surface area (Å²) in [5, 5.41) is 8.96. The highest BCUT2D eigenvalue weighted by Crippen LogP contribution is 2.18. The van der Waals surface area contributed by atoms with Crippen LogP contribution < -0.4 is 0 Å². The van der Waals surface area contributed by atoms with Crippen molar-refractivity contribution in [3.8, 4) is 0 Å². The first-order valence-electron chi connectivity index (χ1n) is 4.92. The lowest BCUT2D eigenvalue weighted by Gasteiger charge is -2.15.